The van der Waals surface area contributed by atoms with Gasteiger partial charge in [-0.15, -0.1) is 11.8 Å². The Labute approximate surface area is 95.1 Å². The second-order valence-electron chi connectivity index (χ2n) is 3.71. The Kier molecular flexibility index (Phi) is 5.10. The number of ketones is 1. The fraction of sp³-hybridized carbons (Fsp3) is 0.727. The lowest BCUT2D eigenvalue weighted by molar-refractivity contribution is -0.117. The van der Waals surface area contributed by atoms with Crippen molar-refractivity contribution in [1.82, 2.24) is 0 Å². The predicted molar refractivity (Wildman–Crippen MR) is 67.2 cm³/mol. The van der Waals surface area contributed by atoms with Gasteiger partial charge in [-0.3, -0.25) is 4.79 Å². The molecule has 1 heterocycles. The highest BCUT2D eigenvalue weighted by Gasteiger charge is 2.30. The molecule has 1 rings (SSSR count). The third-order valence-corrected chi connectivity index (χ3v) is 5.54. The summed E-state index contributed by atoms with van der Waals surface area (Å²) in [5.74, 6) is 2.69. The first kappa shape index (κ1) is 12.2. The average molecular weight is 230 g/mol. The van der Waals surface area contributed by atoms with Gasteiger partial charge in [-0.25, -0.2) is 0 Å². The number of carbonyl (C=O) groups excluding carboxylic acids is 1. The summed E-state index contributed by atoms with van der Waals surface area (Å²) < 4.78 is 0. The summed E-state index contributed by atoms with van der Waals surface area (Å²) in [7, 11) is 0. The van der Waals surface area contributed by atoms with Gasteiger partial charge < -0.3 is 0 Å². The van der Waals surface area contributed by atoms with Crippen LogP contribution in [-0.4, -0.2) is 27.8 Å². The molecule has 0 aromatic rings. The molecule has 0 N–H and O–H groups in total. The molecule has 1 aliphatic rings. The van der Waals surface area contributed by atoms with Crippen molar-refractivity contribution in [3.05, 3.63) is 12.2 Å². The van der Waals surface area contributed by atoms with Crippen LogP contribution in [0.1, 0.15) is 26.7 Å². The van der Waals surface area contributed by atoms with Gasteiger partial charge >= 0.3 is 0 Å². The number of allylic oxidation sites excluding steroid dienone is 1. The predicted octanol–water partition coefficient (Wildman–Crippen LogP) is 3.15. The topological polar surface area (TPSA) is 17.1 Å². The van der Waals surface area contributed by atoms with E-state index in [9.17, 15) is 4.79 Å². The maximum absolute atomic E-state index is 11.9. The van der Waals surface area contributed by atoms with Crippen LogP contribution in [0.4, 0.5) is 0 Å². The van der Waals surface area contributed by atoms with E-state index < -0.39 is 0 Å². The summed E-state index contributed by atoms with van der Waals surface area (Å²) in [6.07, 6.45) is 1.67. The van der Waals surface area contributed by atoms with E-state index in [4.69, 9.17) is 0 Å². The van der Waals surface area contributed by atoms with Gasteiger partial charge in [0.25, 0.3) is 0 Å². The number of hydrogen-bond acceptors (Lipinski definition) is 3. The molecule has 0 aromatic heterocycles. The molecule has 3 heteroatoms. The smallest absolute Gasteiger partial charge is 0.150 e. The lowest BCUT2D eigenvalue weighted by Gasteiger charge is -2.28. The molecule has 0 saturated carbocycles. The van der Waals surface area contributed by atoms with E-state index in [1.54, 1.807) is 0 Å². The van der Waals surface area contributed by atoms with E-state index in [0.717, 1.165) is 17.7 Å². The molecule has 0 radical (unpaired) electrons. The highest BCUT2D eigenvalue weighted by molar-refractivity contribution is 8.07. The van der Waals surface area contributed by atoms with E-state index in [1.807, 2.05) is 30.4 Å². The molecule has 14 heavy (non-hydrogen) atoms. The molecular weight excluding hydrogens is 212 g/mol. The van der Waals surface area contributed by atoms with Crippen molar-refractivity contribution in [3.8, 4) is 0 Å². The molecule has 1 aliphatic heterocycles. The van der Waals surface area contributed by atoms with Crippen LogP contribution in [-0.2, 0) is 4.79 Å². The fourth-order valence-electron chi connectivity index (χ4n) is 1.60. The molecule has 0 bridgehead atoms. The zero-order valence-electron chi connectivity index (χ0n) is 8.91. The first-order chi connectivity index (χ1) is 6.65. The maximum Gasteiger partial charge on any atom is 0.150 e. The minimum absolute atomic E-state index is 0.218. The molecule has 0 aliphatic carbocycles. The summed E-state index contributed by atoms with van der Waals surface area (Å²) in [6.45, 7) is 7.91. The van der Waals surface area contributed by atoms with Crippen molar-refractivity contribution in [3.63, 3.8) is 0 Å². The third-order valence-electron chi connectivity index (χ3n) is 2.25. The van der Waals surface area contributed by atoms with Crippen LogP contribution in [0.5, 0.6) is 0 Å². The number of thioether (sulfide) groups is 2. The second-order valence-corrected chi connectivity index (χ2v) is 6.31. The van der Waals surface area contributed by atoms with Crippen molar-refractivity contribution < 1.29 is 4.79 Å². The third kappa shape index (κ3) is 3.35. The van der Waals surface area contributed by atoms with Gasteiger partial charge in [-0.1, -0.05) is 19.1 Å². The number of carbonyl (C=O) groups is 1. The molecule has 1 saturated heterocycles. The quantitative estimate of drug-likeness (QED) is 0.691. The molecule has 2 unspecified atom stereocenters. The van der Waals surface area contributed by atoms with E-state index in [0.29, 0.717) is 17.5 Å². The molecular formula is C11H18OS2. The monoisotopic (exact) mass is 230 g/mol. The van der Waals surface area contributed by atoms with Gasteiger partial charge in [0.1, 0.15) is 0 Å². The van der Waals surface area contributed by atoms with Crippen LogP contribution in [0.3, 0.4) is 0 Å². The molecule has 2 atom stereocenters. The zero-order chi connectivity index (χ0) is 10.6. The van der Waals surface area contributed by atoms with Gasteiger partial charge in [0.15, 0.2) is 5.78 Å². The van der Waals surface area contributed by atoms with Crippen LogP contribution in [0, 0.1) is 0 Å². The average Bonchev–Trinajstić information content (AvgIpc) is 2.16. The molecule has 80 valence electrons. The van der Waals surface area contributed by atoms with Gasteiger partial charge in [0.05, 0.1) is 5.25 Å². The summed E-state index contributed by atoms with van der Waals surface area (Å²) in [4.78, 5) is 11.9. The van der Waals surface area contributed by atoms with Crippen LogP contribution < -0.4 is 0 Å². The Balaban J connectivity index is 2.54. The van der Waals surface area contributed by atoms with Crippen molar-refractivity contribution in [2.24, 2.45) is 0 Å². The Hall–Kier alpha value is 0.110. The standard InChI is InChI=1S/C11H18OS2/c1-4-10-11(14-6-5-13-10)9(12)7-8(2)3/h10-11H,2,4-7H2,1,3H3. The minimum Gasteiger partial charge on any atom is -0.298 e. The minimum atomic E-state index is 0.218. The molecule has 0 amide bonds. The number of hydrogen-bond donors (Lipinski definition) is 0. The molecule has 0 aromatic carbocycles. The van der Waals surface area contributed by atoms with Crippen LogP contribution in [0.2, 0.25) is 0 Å². The van der Waals surface area contributed by atoms with E-state index in [1.165, 1.54) is 5.75 Å². The summed E-state index contributed by atoms with van der Waals surface area (Å²) in [5, 5.41) is 0.746. The first-order valence-electron chi connectivity index (χ1n) is 5.05. The van der Waals surface area contributed by atoms with Crippen molar-refractivity contribution >= 4 is 29.3 Å². The van der Waals surface area contributed by atoms with Crippen molar-refractivity contribution in [2.75, 3.05) is 11.5 Å². The highest BCUT2D eigenvalue weighted by Crippen LogP contribution is 2.34. The summed E-state index contributed by atoms with van der Waals surface area (Å²) in [5.41, 5.74) is 0.987. The molecule has 0 spiro atoms. The van der Waals surface area contributed by atoms with Gasteiger partial charge in [0.2, 0.25) is 0 Å². The Morgan fingerprint density at radius 2 is 2.07 bits per heavy atom. The van der Waals surface area contributed by atoms with Crippen molar-refractivity contribution in [2.45, 2.75) is 37.2 Å². The van der Waals surface area contributed by atoms with Gasteiger partial charge in [0, 0.05) is 23.2 Å². The van der Waals surface area contributed by atoms with E-state index in [2.05, 4.69) is 13.5 Å². The molecule has 1 nitrogen and oxygen atoms in total. The maximum atomic E-state index is 11.9. The number of Topliss-reactive ketones (excluding diaryl/α,β-unsaturated/α-hetero) is 1. The Bertz CT molecular complexity index is 225. The Morgan fingerprint density at radius 1 is 1.43 bits per heavy atom. The zero-order valence-corrected chi connectivity index (χ0v) is 10.5. The van der Waals surface area contributed by atoms with Gasteiger partial charge in [-0.2, -0.15) is 11.8 Å². The number of rotatable bonds is 4. The lowest BCUT2D eigenvalue weighted by Crippen LogP contribution is -2.32. The van der Waals surface area contributed by atoms with Gasteiger partial charge in [-0.05, 0) is 13.3 Å². The van der Waals surface area contributed by atoms with E-state index >= 15 is 0 Å². The lowest BCUT2D eigenvalue weighted by atomic mass is 10.1. The largest absolute Gasteiger partial charge is 0.298 e. The summed E-state index contributed by atoms with van der Waals surface area (Å²) >= 11 is 3.79. The van der Waals surface area contributed by atoms with Crippen LogP contribution in [0.15, 0.2) is 12.2 Å². The SMILES string of the molecule is C=C(C)CC(=O)C1SCCSC1CC. The Morgan fingerprint density at radius 3 is 2.64 bits per heavy atom. The summed E-state index contributed by atoms with van der Waals surface area (Å²) in [6, 6.07) is 0. The highest BCUT2D eigenvalue weighted by atomic mass is 32.2. The first-order valence-corrected chi connectivity index (χ1v) is 7.15. The second kappa shape index (κ2) is 5.86. The fourth-order valence-corrected chi connectivity index (χ4v) is 4.64. The van der Waals surface area contributed by atoms with Crippen molar-refractivity contribution in [1.29, 1.82) is 0 Å². The molecule has 1 fully saturated rings. The van der Waals surface area contributed by atoms with E-state index in [-0.39, 0.29) is 5.25 Å². The van der Waals surface area contributed by atoms with Crippen LogP contribution >= 0.6 is 23.5 Å². The van der Waals surface area contributed by atoms with Crippen LogP contribution in [0.25, 0.3) is 0 Å². The normalized spacial score (nSPS) is 27.3.